The van der Waals surface area contributed by atoms with Crippen molar-refractivity contribution in [2.24, 2.45) is 0 Å². The van der Waals surface area contributed by atoms with Crippen LogP contribution in [0.3, 0.4) is 0 Å². The molecule has 2 aliphatic heterocycles. The number of piperidine rings is 2. The molecule has 35 heavy (non-hydrogen) atoms. The third-order valence-electron chi connectivity index (χ3n) is 7.68. The summed E-state index contributed by atoms with van der Waals surface area (Å²) in [5, 5.41) is 33.4. The van der Waals surface area contributed by atoms with Gasteiger partial charge in [-0.2, -0.15) is 5.26 Å². The van der Waals surface area contributed by atoms with E-state index in [1.54, 1.807) is 18.3 Å². The number of hydrogen-bond acceptors (Lipinski definition) is 9. The van der Waals surface area contributed by atoms with Crippen LogP contribution in [0, 0.1) is 11.3 Å². The molecule has 1 aromatic carbocycles. The van der Waals surface area contributed by atoms with Crippen LogP contribution < -0.4 is 10.2 Å². The molecule has 3 aliphatic rings. The highest BCUT2D eigenvalue weighted by Gasteiger charge is 2.49. The van der Waals surface area contributed by atoms with E-state index in [2.05, 4.69) is 50.3 Å². The maximum absolute atomic E-state index is 10.7. The fourth-order valence-corrected chi connectivity index (χ4v) is 6.90. The van der Waals surface area contributed by atoms with E-state index in [9.17, 15) is 5.11 Å². The molecular formula is C26H29N7OS. The lowest BCUT2D eigenvalue weighted by molar-refractivity contribution is 0.0766. The highest BCUT2D eigenvalue weighted by atomic mass is 32.1. The van der Waals surface area contributed by atoms with Gasteiger partial charge in [0.25, 0.3) is 0 Å². The first-order valence-electron chi connectivity index (χ1n) is 12.3. The van der Waals surface area contributed by atoms with Crippen molar-refractivity contribution in [3.8, 4) is 33.8 Å². The summed E-state index contributed by atoms with van der Waals surface area (Å²) in [5.41, 5.74) is 1.62. The van der Waals surface area contributed by atoms with Crippen LogP contribution in [-0.2, 0) is 0 Å². The topological polar surface area (TPSA) is 111 Å². The Morgan fingerprint density at radius 2 is 1.86 bits per heavy atom. The average Bonchev–Trinajstić information content (AvgIpc) is 3.53. The number of thiazole rings is 1. The fourth-order valence-electron chi connectivity index (χ4n) is 6.19. The quantitative estimate of drug-likeness (QED) is 0.534. The summed E-state index contributed by atoms with van der Waals surface area (Å²) in [7, 11) is 0. The molecule has 0 spiro atoms. The van der Waals surface area contributed by atoms with Gasteiger partial charge in [-0.15, -0.1) is 21.5 Å². The molecular weight excluding hydrogens is 458 g/mol. The summed E-state index contributed by atoms with van der Waals surface area (Å²) in [5.74, 6) is 1.29. The first-order valence-corrected chi connectivity index (χ1v) is 13.1. The van der Waals surface area contributed by atoms with E-state index in [-0.39, 0.29) is 16.8 Å². The van der Waals surface area contributed by atoms with E-state index >= 15 is 0 Å². The molecule has 2 aromatic heterocycles. The largest absolute Gasteiger partial charge is 0.507 e. The van der Waals surface area contributed by atoms with E-state index in [0.29, 0.717) is 33.4 Å². The highest BCUT2D eigenvalue weighted by molar-refractivity contribution is 7.15. The number of anilines is 1. The van der Waals surface area contributed by atoms with Gasteiger partial charge < -0.3 is 15.3 Å². The molecule has 3 aromatic rings. The Morgan fingerprint density at radius 1 is 1.09 bits per heavy atom. The molecule has 4 heterocycles. The molecule has 2 saturated heterocycles. The zero-order valence-electron chi connectivity index (χ0n) is 20.0. The molecule has 1 saturated carbocycles. The minimum absolute atomic E-state index is 0.0665. The summed E-state index contributed by atoms with van der Waals surface area (Å²) in [6.07, 6.45) is 11.7. The van der Waals surface area contributed by atoms with Crippen molar-refractivity contribution in [3.05, 3.63) is 35.5 Å². The lowest BCUT2D eigenvalue weighted by Gasteiger charge is -2.55. The number of phenols is 1. The van der Waals surface area contributed by atoms with Crippen LogP contribution in [0.4, 0.5) is 5.82 Å². The monoisotopic (exact) mass is 487 g/mol. The summed E-state index contributed by atoms with van der Waals surface area (Å²) in [4.78, 5) is 11.9. The Hall–Kier alpha value is -3.09. The molecule has 2 N–H and O–H groups in total. The number of nitriles is 1. The maximum Gasteiger partial charge on any atom is 0.185 e. The number of aromatic nitrogens is 4. The number of hydrogen-bond donors (Lipinski definition) is 2. The normalized spacial score (nSPS) is 27.9. The van der Waals surface area contributed by atoms with E-state index in [1.165, 1.54) is 43.4 Å². The van der Waals surface area contributed by atoms with Gasteiger partial charge in [0.2, 0.25) is 0 Å². The fraction of sp³-hybridized carbons (Fsp3) is 0.500. The Morgan fingerprint density at radius 3 is 2.46 bits per heavy atom. The highest BCUT2D eigenvalue weighted by Crippen LogP contribution is 2.45. The van der Waals surface area contributed by atoms with Gasteiger partial charge in [0.1, 0.15) is 21.7 Å². The number of fused-ring (bicyclic) bond motifs is 2. The number of rotatable bonds is 5. The van der Waals surface area contributed by atoms with Crippen molar-refractivity contribution in [1.29, 1.82) is 5.26 Å². The van der Waals surface area contributed by atoms with Gasteiger partial charge in [-0.25, -0.2) is 9.97 Å². The third kappa shape index (κ3) is 4.26. The second-order valence-corrected chi connectivity index (χ2v) is 11.8. The van der Waals surface area contributed by atoms with E-state index < -0.39 is 0 Å². The minimum atomic E-state index is 0.0665. The Balaban J connectivity index is 1.26. The van der Waals surface area contributed by atoms with Crippen LogP contribution in [0.1, 0.15) is 63.7 Å². The lowest BCUT2D eigenvalue weighted by Crippen LogP contribution is -2.67. The second-order valence-electron chi connectivity index (χ2n) is 10.8. The number of aromatic hydroxyl groups is 1. The Kier molecular flexibility index (Phi) is 5.27. The number of nitrogens with zero attached hydrogens (tertiary/aromatic N) is 6. The Labute approximate surface area is 209 Å². The van der Waals surface area contributed by atoms with Gasteiger partial charge in [0.15, 0.2) is 11.6 Å². The van der Waals surface area contributed by atoms with E-state index in [4.69, 9.17) is 5.26 Å². The smallest absolute Gasteiger partial charge is 0.185 e. The van der Waals surface area contributed by atoms with Crippen LogP contribution >= 0.6 is 11.3 Å². The Bertz CT molecular complexity index is 1280. The van der Waals surface area contributed by atoms with Crippen molar-refractivity contribution < 1.29 is 5.11 Å². The molecule has 9 heteroatoms. The van der Waals surface area contributed by atoms with Gasteiger partial charge in [0, 0.05) is 28.7 Å². The standard InChI is InChI=1S/C26H29N7OS/c1-25-8-3-9-26(2,32-25)12-18(11-25)33(17-5-6-17)22-15-28-23(31-30-22)20-7-4-16(10-21(20)34)24-29-14-19(13-27)35-24/h4,7,10,14-15,17-18,32,34H,3,5-6,8-9,11-12H2,1-2H3/t18-,25-,26+. The van der Waals surface area contributed by atoms with Crippen molar-refractivity contribution in [2.45, 2.75) is 82.0 Å². The zero-order valence-corrected chi connectivity index (χ0v) is 20.8. The summed E-state index contributed by atoms with van der Waals surface area (Å²) in [6, 6.07) is 8.30. The molecule has 3 fully saturated rings. The second kappa shape index (κ2) is 8.25. The molecule has 6 rings (SSSR count). The molecule has 0 amide bonds. The first kappa shape index (κ1) is 22.4. The van der Waals surface area contributed by atoms with Crippen molar-refractivity contribution >= 4 is 17.2 Å². The van der Waals surface area contributed by atoms with Gasteiger partial charge in [-0.3, -0.25) is 0 Å². The molecule has 2 bridgehead atoms. The van der Waals surface area contributed by atoms with E-state index in [0.717, 1.165) is 24.2 Å². The van der Waals surface area contributed by atoms with Gasteiger partial charge >= 0.3 is 0 Å². The van der Waals surface area contributed by atoms with E-state index in [1.807, 2.05) is 12.3 Å². The number of benzene rings is 1. The average molecular weight is 488 g/mol. The molecule has 8 nitrogen and oxygen atoms in total. The molecule has 0 radical (unpaired) electrons. The maximum atomic E-state index is 10.7. The minimum Gasteiger partial charge on any atom is -0.507 e. The molecule has 1 aliphatic carbocycles. The summed E-state index contributed by atoms with van der Waals surface area (Å²) >= 11 is 1.29. The zero-order chi connectivity index (χ0) is 24.2. The molecule has 180 valence electrons. The summed E-state index contributed by atoms with van der Waals surface area (Å²) in [6.45, 7) is 4.74. The van der Waals surface area contributed by atoms with Crippen molar-refractivity contribution in [2.75, 3.05) is 4.90 Å². The third-order valence-corrected chi connectivity index (χ3v) is 8.63. The summed E-state index contributed by atoms with van der Waals surface area (Å²) < 4.78 is 0. The lowest BCUT2D eigenvalue weighted by atomic mass is 9.69. The number of nitrogens with one attached hydrogen (secondary N) is 1. The van der Waals surface area contributed by atoms with Crippen LogP contribution in [0.2, 0.25) is 0 Å². The predicted molar refractivity (Wildman–Crippen MR) is 135 cm³/mol. The van der Waals surface area contributed by atoms with Crippen LogP contribution in [0.5, 0.6) is 5.75 Å². The van der Waals surface area contributed by atoms with Crippen molar-refractivity contribution in [3.63, 3.8) is 0 Å². The first-order chi connectivity index (χ1) is 16.8. The molecule has 0 unspecified atom stereocenters. The van der Waals surface area contributed by atoms with Crippen LogP contribution in [0.15, 0.2) is 30.6 Å². The van der Waals surface area contributed by atoms with Crippen LogP contribution in [0.25, 0.3) is 22.0 Å². The van der Waals surface area contributed by atoms with Gasteiger partial charge in [-0.1, -0.05) is 6.07 Å². The SMILES string of the molecule is C[C@]12CCC[C@](C)(C[C@@H](N(c3cnc(-c4ccc(-c5ncc(C#N)s5)cc4O)nn3)C3CC3)C1)N2. The predicted octanol–water partition coefficient (Wildman–Crippen LogP) is 4.66. The molecule has 3 atom stereocenters. The van der Waals surface area contributed by atoms with Crippen molar-refractivity contribution in [1.82, 2.24) is 25.5 Å². The number of phenolic OH excluding ortho intramolecular Hbond substituents is 1. The van der Waals surface area contributed by atoms with Crippen LogP contribution in [-0.4, -0.2) is 48.4 Å². The van der Waals surface area contributed by atoms with Gasteiger partial charge in [-0.05, 0) is 70.9 Å². The van der Waals surface area contributed by atoms with Gasteiger partial charge in [0.05, 0.1) is 18.0 Å².